The van der Waals surface area contributed by atoms with Gasteiger partial charge in [0.2, 0.25) is 10.0 Å². The third-order valence-corrected chi connectivity index (χ3v) is 7.62. The number of urea groups is 1. The largest absolute Gasteiger partial charge is 0.324 e. The van der Waals surface area contributed by atoms with E-state index in [-0.39, 0.29) is 17.2 Å². The van der Waals surface area contributed by atoms with E-state index in [2.05, 4.69) is 5.32 Å². The van der Waals surface area contributed by atoms with Crippen LogP contribution in [0.3, 0.4) is 0 Å². The van der Waals surface area contributed by atoms with Gasteiger partial charge in [0.25, 0.3) is 0 Å². The number of fused-ring (bicyclic) bond motifs is 1. The van der Waals surface area contributed by atoms with Crippen molar-refractivity contribution in [3.05, 3.63) is 29.3 Å². The molecule has 0 saturated carbocycles. The minimum absolute atomic E-state index is 0.110. The quantitative estimate of drug-likeness (QED) is 0.868. The Morgan fingerprint density at radius 2 is 2.08 bits per heavy atom. The Morgan fingerprint density at radius 3 is 2.79 bits per heavy atom. The van der Waals surface area contributed by atoms with E-state index < -0.39 is 10.0 Å². The molecule has 2 aliphatic heterocycles. The van der Waals surface area contributed by atoms with Gasteiger partial charge >= 0.3 is 6.03 Å². The Bertz CT molecular complexity index is 725. The van der Waals surface area contributed by atoms with Crippen LogP contribution in [0.5, 0.6) is 0 Å². The van der Waals surface area contributed by atoms with Crippen molar-refractivity contribution in [1.82, 2.24) is 9.21 Å². The number of benzene rings is 1. The second-order valence-corrected chi connectivity index (χ2v) is 8.89. The van der Waals surface area contributed by atoms with Crippen LogP contribution in [0, 0.1) is 5.92 Å². The zero-order valence-electron chi connectivity index (χ0n) is 13.6. The number of hydrogen-bond acceptors (Lipinski definition) is 3. The number of rotatable bonds is 2. The van der Waals surface area contributed by atoms with Crippen molar-refractivity contribution in [1.29, 1.82) is 0 Å². The smallest absolute Gasteiger partial charge is 0.321 e. The Hall–Kier alpha value is -1.31. The van der Waals surface area contributed by atoms with E-state index in [0.717, 1.165) is 0 Å². The van der Waals surface area contributed by atoms with E-state index in [1.807, 2.05) is 6.92 Å². The summed E-state index contributed by atoms with van der Waals surface area (Å²) in [6.45, 7) is 3.99. The number of halogens is 1. The fraction of sp³-hybridized carbons (Fsp3) is 0.562. The van der Waals surface area contributed by atoms with E-state index in [4.69, 9.17) is 11.6 Å². The Balaban J connectivity index is 1.66. The number of carbonyl (C=O) groups excluding carboxylic acids is 1. The number of carbonyl (C=O) groups is 1. The molecule has 2 heterocycles. The summed E-state index contributed by atoms with van der Waals surface area (Å²) in [7, 11) is -3.22. The molecule has 2 aliphatic rings. The van der Waals surface area contributed by atoms with Crippen LogP contribution in [0.2, 0.25) is 5.02 Å². The maximum absolute atomic E-state index is 12.5. The van der Waals surface area contributed by atoms with Gasteiger partial charge in [0.05, 0.1) is 5.25 Å². The summed E-state index contributed by atoms with van der Waals surface area (Å²) in [5.74, 6) is 0.110. The third kappa shape index (κ3) is 3.38. The predicted molar refractivity (Wildman–Crippen MR) is 94.7 cm³/mol. The van der Waals surface area contributed by atoms with Gasteiger partial charge in [-0.05, 0) is 37.0 Å². The maximum atomic E-state index is 12.5. The first-order chi connectivity index (χ1) is 11.4. The van der Waals surface area contributed by atoms with Crippen molar-refractivity contribution in [3.63, 3.8) is 0 Å². The summed E-state index contributed by atoms with van der Waals surface area (Å²) in [4.78, 5) is 14.1. The maximum Gasteiger partial charge on any atom is 0.321 e. The molecule has 8 heteroatoms. The van der Waals surface area contributed by atoms with Crippen molar-refractivity contribution < 1.29 is 13.2 Å². The molecule has 0 aromatic heterocycles. The molecule has 2 atom stereocenters. The van der Waals surface area contributed by atoms with Gasteiger partial charge in [-0.2, -0.15) is 0 Å². The van der Waals surface area contributed by atoms with Gasteiger partial charge < -0.3 is 10.2 Å². The van der Waals surface area contributed by atoms with Crippen LogP contribution in [-0.4, -0.2) is 55.1 Å². The van der Waals surface area contributed by atoms with E-state index in [9.17, 15) is 13.2 Å². The molecule has 1 aromatic carbocycles. The number of sulfonamides is 1. The fourth-order valence-corrected chi connectivity index (χ4v) is 6.02. The molecule has 0 bridgehead atoms. The van der Waals surface area contributed by atoms with Crippen LogP contribution in [0.1, 0.15) is 19.8 Å². The van der Waals surface area contributed by atoms with Crippen molar-refractivity contribution in [2.75, 3.05) is 31.5 Å². The minimum Gasteiger partial charge on any atom is -0.324 e. The second-order valence-electron chi connectivity index (χ2n) is 6.30. The number of anilines is 1. The highest BCUT2D eigenvalue weighted by molar-refractivity contribution is 7.90. The summed E-state index contributed by atoms with van der Waals surface area (Å²) in [5.41, 5.74) is 0.640. The van der Waals surface area contributed by atoms with Crippen molar-refractivity contribution in [2.24, 2.45) is 5.92 Å². The Labute approximate surface area is 147 Å². The second kappa shape index (κ2) is 6.90. The molecule has 2 amide bonds. The van der Waals surface area contributed by atoms with Gasteiger partial charge in [0.15, 0.2) is 0 Å². The lowest BCUT2D eigenvalue weighted by Crippen LogP contribution is -2.37. The van der Waals surface area contributed by atoms with E-state index in [1.54, 1.807) is 33.5 Å². The normalized spacial score (nSPS) is 26.7. The third-order valence-electron chi connectivity index (χ3n) is 4.88. The molecule has 1 aromatic rings. The number of nitrogens with one attached hydrogen (secondary N) is 1. The van der Waals surface area contributed by atoms with Crippen LogP contribution in [-0.2, 0) is 10.0 Å². The zero-order chi connectivity index (χ0) is 17.3. The predicted octanol–water partition coefficient (Wildman–Crippen LogP) is 2.62. The molecule has 2 saturated heterocycles. The molecular weight excluding hydrogens is 350 g/mol. The van der Waals surface area contributed by atoms with Crippen LogP contribution < -0.4 is 5.32 Å². The number of nitrogens with zero attached hydrogens (tertiary/aromatic N) is 2. The molecule has 0 unspecified atom stereocenters. The molecule has 0 aliphatic carbocycles. The summed E-state index contributed by atoms with van der Waals surface area (Å²) in [6, 6.07) is 6.78. The highest BCUT2D eigenvalue weighted by Crippen LogP contribution is 2.34. The molecule has 6 nitrogen and oxygen atoms in total. The highest BCUT2D eigenvalue weighted by atomic mass is 35.5. The summed E-state index contributed by atoms with van der Waals surface area (Å²) < 4.78 is 26.6. The number of likely N-dealkylation sites (tertiary alicyclic amines) is 1. The molecule has 132 valence electrons. The molecule has 3 rings (SSSR count). The van der Waals surface area contributed by atoms with Gasteiger partial charge in [-0.3, -0.25) is 0 Å². The van der Waals surface area contributed by atoms with Crippen molar-refractivity contribution in [3.8, 4) is 0 Å². The van der Waals surface area contributed by atoms with Crippen LogP contribution in [0.4, 0.5) is 10.5 Å². The van der Waals surface area contributed by atoms with Gasteiger partial charge in [-0.15, -0.1) is 0 Å². The van der Waals surface area contributed by atoms with Crippen LogP contribution in [0.15, 0.2) is 24.3 Å². The van der Waals surface area contributed by atoms with Gasteiger partial charge in [0, 0.05) is 36.9 Å². The lowest BCUT2D eigenvalue weighted by atomic mass is 10.0. The van der Waals surface area contributed by atoms with Crippen LogP contribution in [0.25, 0.3) is 0 Å². The molecule has 1 N–H and O–H groups in total. The zero-order valence-corrected chi connectivity index (χ0v) is 15.2. The summed E-state index contributed by atoms with van der Waals surface area (Å²) in [6.07, 6.45) is 1.20. The molecule has 0 spiro atoms. The molecule has 0 radical (unpaired) electrons. The van der Waals surface area contributed by atoms with Crippen LogP contribution >= 0.6 is 11.6 Å². The molecule has 2 fully saturated rings. The fourth-order valence-electron chi connectivity index (χ4n) is 3.58. The molecule has 24 heavy (non-hydrogen) atoms. The van der Waals surface area contributed by atoms with Crippen molar-refractivity contribution >= 4 is 33.3 Å². The standard InChI is InChI=1S/C16H22ClN3O3S/c1-2-20-11-12-6-8-19(9-7-15(12)24(20,22)23)16(21)18-14-5-3-4-13(17)10-14/h3-5,10,12,15H,2,6-9,11H2,1H3,(H,18,21)/t12-,15-/m0/s1. The highest BCUT2D eigenvalue weighted by Gasteiger charge is 2.46. The first kappa shape index (κ1) is 17.5. The van der Waals surface area contributed by atoms with E-state index in [1.165, 1.54) is 0 Å². The van der Waals surface area contributed by atoms with Gasteiger partial charge in [-0.25, -0.2) is 17.5 Å². The average Bonchev–Trinajstić information content (AvgIpc) is 2.68. The first-order valence-electron chi connectivity index (χ1n) is 8.22. The van der Waals surface area contributed by atoms with Crippen molar-refractivity contribution in [2.45, 2.75) is 25.0 Å². The minimum atomic E-state index is -3.22. The molecular formula is C16H22ClN3O3S. The Morgan fingerprint density at radius 1 is 1.33 bits per heavy atom. The lowest BCUT2D eigenvalue weighted by molar-refractivity contribution is 0.212. The first-order valence-corrected chi connectivity index (χ1v) is 10.1. The Kier molecular flexibility index (Phi) is 5.03. The lowest BCUT2D eigenvalue weighted by Gasteiger charge is -2.22. The van der Waals surface area contributed by atoms with Gasteiger partial charge in [-0.1, -0.05) is 24.6 Å². The number of hydrogen-bond donors (Lipinski definition) is 1. The average molecular weight is 372 g/mol. The number of amides is 2. The van der Waals surface area contributed by atoms with E-state index in [0.29, 0.717) is 49.7 Å². The summed E-state index contributed by atoms with van der Waals surface area (Å²) in [5, 5.41) is 3.03. The monoisotopic (exact) mass is 371 g/mol. The van der Waals surface area contributed by atoms with Gasteiger partial charge in [0.1, 0.15) is 0 Å². The topological polar surface area (TPSA) is 69.7 Å². The SMILES string of the molecule is CCN1C[C@@H]2CCN(C(=O)Nc3cccc(Cl)c3)CC[C@@H]2S1(=O)=O. The summed E-state index contributed by atoms with van der Waals surface area (Å²) >= 11 is 5.93. The van der Waals surface area contributed by atoms with E-state index >= 15 is 0 Å².